The van der Waals surface area contributed by atoms with Gasteiger partial charge in [-0.15, -0.1) is 6.42 Å². The second-order valence-electron chi connectivity index (χ2n) is 12.3. The lowest BCUT2D eigenvalue weighted by molar-refractivity contribution is -0.139. The number of aliphatic carboxylic acids is 1. The molecule has 0 unspecified atom stereocenters. The van der Waals surface area contributed by atoms with Gasteiger partial charge in [0.05, 0.1) is 18.0 Å². The normalized spacial score (nSPS) is 12.8. The minimum absolute atomic E-state index is 0.0115. The molecule has 0 radical (unpaired) electrons. The van der Waals surface area contributed by atoms with Crippen LogP contribution in [0.15, 0.2) is 53.7 Å². The van der Waals surface area contributed by atoms with Crippen LogP contribution in [0.5, 0.6) is 0 Å². The highest BCUT2D eigenvalue weighted by Crippen LogP contribution is 2.38. The van der Waals surface area contributed by atoms with Crippen molar-refractivity contribution in [1.82, 2.24) is 19.7 Å². The van der Waals surface area contributed by atoms with E-state index in [0.717, 1.165) is 29.0 Å². The Labute approximate surface area is 283 Å². The number of terminal acetylenes is 1. The monoisotopic (exact) mass is 700 g/mol. The van der Waals surface area contributed by atoms with Gasteiger partial charge in [-0.3, -0.25) is 19.1 Å². The van der Waals surface area contributed by atoms with Crippen LogP contribution in [0.4, 0.5) is 26.3 Å². The number of hydrogen-bond acceptors (Lipinski definition) is 4. The third-order valence-electron chi connectivity index (χ3n) is 8.17. The van der Waals surface area contributed by atoms with Crippen LogP contribution in [0.2, 0.25) is 0 Å². The first-order valence-electron chi connectivity index (χ1n) is 15.5. The molecule has 0 bridgehead atoms. The van der Waals surface area contributed by atoms with Gasteiger partial charge in [-0.05, 0) is 79.1 Å². The zero-order valence-electron chi connectivity index (χ0n) is 27.5. The maximum Gasteiger partial charge on any atom is 0.416 e. The Bertz CT molecular complexity index is 1990. The van der Waals surface area contributed by atoms with Gasteiger partial charge in [0.25, 0.3) is 5.56 Å². The highest BCUT2D eigenvalue weighted by Gasteiger charge is 2.36. The number of carboxylic acids is 1. The van der Waals surface area contributed by atoms with Crippen LogP contribution in [0, 0.1) is 49.6 Å². The second-order valence-corrected chi connectivity index (χ2v) is 12.3. The molecule has 50 heavy (non-hydrogen) atoms. The smallest absolute Gasteiger partial charge is 0.416 e. The van der Waals surface area contributed by atoms with Crippen LogP contribution in [0.3, 0.4) is 0 Å². The maximum absolute atomic E-state index is 16.5. The first-order valence-corrected chi connectivity index (χ1v) is 15.5. The van der Waals surface area contributed by atoms with E-state index in [-0.39, 0.29) is 58.7 Å². The van der Waals surface area contributed by atoms with Crippen molar-refractivity contribution < 1.29 is 41.0 Å². The third-order valence-corrected chi connectivity index (χ3v) is 8.17. The average Bonchev–Trinajstić information content (AvgIpc) is 3.52. The molecule has 0 saturated carbocycles. The molecule has 0 aliphatic heterocycles. The fraction of sp³-hybridized carbons (Fsp3) is 0.333. The van der Waals surface area contributed by atoms with Gasteiger partial charge >= 0.3 is 12.1 Å². The molecule has 0 aliphatic rings. The fourth-order valence-electron chi connectivity index (χ4n) is 6.04. The third kappa shape index (κ3) is 8.27. The van der Waals surface area contributed by atoms with Gasteiger partial charge in [0, 0.05) is 47.9 Å². The molecule has 0 aliphatic carbocycles. The van der Waals surface area contributed by atoms with Gasteiger partial charge in [0.2, 0.25) is 5.91 Å². The van der Waals surface area contributed by atoms with E-state index in [1.807, 2.05) is 0 Å². The Balaban J connectivity index is 1.85. The summed E-state index contributed by atoms with van der Waals surface area (Å²) in [7, 11) is 0. The summed E-state index contributed by atoms with van der Waals surface area (Å²) in [5.74, 6) is -3.95. The Morgan fingerprint density at radius 3 is 2.26 bits per heavy atom. The number of carbonyl (C=O) groups excluding carboxylic acids is 1. The summed E-state index contributed by atoms with van der Waals surface area (Å²) in [6.07, 6.45) is 3.22. The van der Waals surface area contributed by atoms with Crippen LogP contribution in [0.1, 0.15) is 72.2 Å². The average molecular weight is 701 g/mol. The maximum atomic E-state index is 16.5. The lowest BCUT2D eigenvalue weighted by Crippen LogP contribution is -2.41. The van der Waals surface area contributed by atoms with E-state index in [2.05, 4.69) is 16.3 Å². The van der Waals surface area contributed by atoms with Gasteiger partial charge < -0.3 is 15.0 Å². The molecule has 4 aromatic rings. The van der Waals surface area contributed by atoms with Gasteiger partial charge in [-0.1, -0.05) is 19.8 Å². The topological polar surface area (TPSA) is 106 Å². The molecule has 2 heterocycles. The standard InChI is InChI=1S/C36H34F6N4O4/c1-6-22-15-26(38)33(34(39)32(22)31-20(4)13-24(37)14-21(31)5)27(17-30(48)49)44-35(50)28(12-19(2)3)46-18-23(8-11-45-10-7-9-43-45)25(16-29(46)47)36(40,41)42/h1,7,9-10,13-16,18-19,27-28H,8,11-12,17H2,2-5H3,(H,44,50)(H,48,49)/t27-,28+/m0/s1. The molecule has 2 N–H and O–H groups in total. The number of halogens is 6. The van der Waals surface area contributed by atoms with Crippen molar-refractivity contribution in [3.63, 3.8) is 0 Å². The number of nitrogens with zero attached hydrogens (tertiary/aromatic N) is 3. The molecule has 1 amide bonds. The number of hydrogen-bond donors (Lipinski definition) is 2. The second kappa shape index (κ2) is 15.1. The summed E-state index contributed by atoms with van der Waals surface area (Å²) in [5, 5.41) is 16.1. The van der Waals surface area contributed by atoms with Gasteiger partial charge in [0.15, 0.2) is 0 Å². The zero-order valence-corrected chi connectivity index (χ0v) is 27.5. The molecule has 0 spiro atoms. The first kappa shape index (κ1) is 37.5. The van der Waals surface area contributed by atoms with Crippen molar-refractivity contribution >= 4 is 11.9 Å². The molecule has 2 aromatic carbocycles. The molecule has 264 valence electrons. The number of benzene rings is 2. The van der Waals surface area contributed by atoms with Crippen molar-refractivity contribution in [2.75, 3.05) is 0 Å². The number of aryl methyl sites for hydroxylation is 4. The largest absolute Gasteiger partial charge is 0.481 e. The van der Waals surface area contributed by atoms with Crippen molar-refractivity contribution in [1.29, 1.82) is 0 Å². The van der Waals surface area contributed by atoms with Crippen molar-refractivity contribution in [3.8, 4) is 23.5 Å². The highest BCUT2D eigenvalue weighted by molar-refractivity contribution is 5.82. The summed E-state index contributed by atoms with van der Waals surface area (Å²) in [5.41, 5.74) is -3.48. The van der Waals surface area contributed by atoms with Crippen LogP contribution in [0.25, 0.3) is 11.1 Å². The number of amides is 1. The predicted octanol–water partition coefficient (Wildman–Crippen LogP) is 6.91. The van der Waals surface area contributed by atoms with Crippen molar-refractivity contribution in [2.24, 2.45) is 5.92 Å². The van der Waals surface area contributed by atoms with Gasteiger partial charge in [-0.2, -0.15) is 18.3 Å². The van der Waals surface area contributed by atoms with E-state index in [1.165, 1.54) is 24.7 Å². The number of carboxylic acid groups (broad SMARTS) is 1. The van der Waals surface area contributed by atoms with Crippen LogP contribution >= 0.6 is 0 Å². The Morgan fingerprint density at radius 1 is 1.06 bits per heavy atom. The molecule has 0 saturated heterocycles. The summed E-state index contributed by atoms with van der Waals surface area (Å²) in [6, 6.07) is 1.61. The fourth-order valence-corrected chi connectivity index (χ4v) is 6.04. The molecule has 2 atom stereocenters. The Hall–Kier alpha value is -5.32. The zero-order chi connectivity index (χ0) is 37.1. The molecular formula is C36H34F6N4O4. The number of alkyl halides is 3. The molecule has 2 aromatic heterocycles. The van der Waals surface area contributed by atoms with Crippen molar-refractivity contribution in [3.05, 3.63) is 110 Å². The van der Waals surface area contributed by atoms with Crippen LogP contribution in [-0.2, 0) is 28.7 Å². The number of nitrogens with one attached hydrogen (secondary N) is 1. The minimum Gasteiger partial charge on any atom is -0.481 e. The predicted molar refractivity (Wildman–Crippen MR) is 172 cm³/mol. The van der Waals surface area contributed by atoms with Crippen molar-refractivity contribution in [2.45, 2.75) is 71.8 Å². The Morgan fingerprint density at radius 2 is 1.72 bits per heavy atom. The number of carbonyl (C=O) groups is 2. The molecular weight excluding hydrogens is 666 g/mol. The SMILES string of the molecule is C#Cc1cc(F)c([C@H](CC(=O)O)NC(=O)[C@@H](CC(C)C)n2cc(CCn3cccn3)c(C(F)(F)F)cc2=O)c(F)c1-c1c(C)cc(F)cc1C. The van der Waals surface area contributed by atoms with Crippen LogP contribution in [-0.4, -0.2) is 31.3 Å². The van der Waals surface area contributed by atoms with E-state index in [9.17, 15) is 37.1 Å². The lowest BCUT2D eigenvalue weighted by Gasteiger charge is -2.27. The van der Waals surface area contributed by atoms with E-state index in [4.69, 9.17) is 6.42 Å². The van der Waals surface area contributed by atoms with Gasteiger partial charge in [-0.25, -0.2) is 13.2 Å². The van der Waals surface area contributed by atoms with Crippen LogP contribution < -0.4 is 10.9 Å². The van der Waals surface area contributed by atoms with E-state index < -0.39 is 70.7 Å². The molecule has 0 fully saturated rings. The summed E-state index contributed by atoms with van der Waals surface area (Å²) in [6.45, 7) is 6.33. The minimum atomic E-state index is -4.90. The summed E-state index contributed by atoms with van der Waals surface area (Å²) < 4.78 is 90.7. The Kier molecular flexibility index (Phi) is 11.3. The number of aromatic nitrogens is 3. The summed E-state index contributed by atoms with van der Waals surface area (Å²) >= 11 is 0. The molecule has 4 rings (SSSR count). The first-order chi connectivity index (χ1) is 23.4. The molecule has 8 nitrogen and oxygen atoms in total. The lowest BCUT2D eigenvalue weighted by atomic mass is 9.88. The highest BCUT2D eigenvalue weighted by atomic mass is 19.4. The molecule has 14 heteroatoms. The van der Waals surface area contributed by atoms with Gasteiger partial charge in [0.1, 0.15) is 23.5 Å². The van der Waals surface area contributed by atoms with E-state index in [1.54, 1.807) is 26.1 Å². The quantitative estimate of drug-likeness (QED) is 0.124. The van der Waals surface area contributed by atoms with E-state index >= 15 is 8.78 Å². The summed E-state index contributed by atoms with van der Waals surface area (Å²) in [4.78, 5) is 39.2. The van der Waals surface area contributed by atoms with E-state index in [0.29, 0.717) is 6.07 Å². The number of pyridine rings is 1. The number of rotatable bonds is 12.